The number of hydrogen-bond donors (Lipinski definition) is 0. The second kappa shape index (κ2) is 6.99. The van der Waals surface area contributed by atoms with Crippen LogP contribution in [0.25, 0.3) is 10.2 Å². The highest BCUT2D eigenvalue weighted by Gasteiger charge is 2.30. The monoisotopic (exact) mass is 409 g/mol. The van der Waals surface area contributed by atoms with Gasteiger partial charge in [-0.25, -0.2) is 9.97 Å². The number of rotatable bonds is 4. The fourth-order valence-corrected chi connectivity index (χ4v) is 5.04. The molecule has 0 bridgehead atoms. The van der Waals surface area contributed by atoms with Crippen LogP contribution in [0.5, 0.6) is 11.5 Å². The van der Waals surface area contributed by atoms with Crippen LogP contribution in [0, 0.1) is 13.8 Å². The molecular weight excluding hydrogens is 386 g/mol. The number of aryl methyl sites for hydroxylation is 2. The van der Waals surface area contributed by atoms with Gasteiger partial charge in [-0.1, -0.05) is 12.1 Å². The van der Waals surface area contributed by atoms with Gasteiger partial charge in [0.1, 0.15) is 17.3 Å². The van der Waals surface area contributed by atoms with Gasteiger partial charge in [-0.15, -0.1) is 11.3 Å². The van der Waals surface area contributed by atoms with Crippen molar-refractivity contribution in [1.29, 1.82) is 0 Å². The lowest BCUT2D eigenvalue weighted by Gasteiger charge is -2.29. The smallest absolute Gasteiger partial charge is 0.264 e. The van der Waals surface area contributed by atoms with Crippen molar-refractivity contribution in [1.82, 2.24) is 14.9 Å². The molecule has 0 saturated heterocycles. The third-order valence-electron chi connectivity index (χ3n) is 5.52. The maximum absolute atomic E-state index is 13.2. The van der Waals surface area contributed by atoms with Crippen LogP contribution in [0.3, 0.4) is 0 Å². The van der Waals surface area contributed by atoms with Crippen molar-refractivity contribution in [2.24, 2.45) is 0 Å². The van der Waals surface area contributed by atoms with Crippen molar-refractivity contribution >= 4 is 27.5 Å². The lowest BCUT2D eigenvalue weighted by molar-refractivity contribution is 0.0523. The lowest BCUT2D eigenvalue weighted by atomic mass is 10.1. The molecule has 7 heteroatoms. The van der Waals surface area contributed by atoms with Crippen molar-refractivity contribution < 1.29 is 14.3 Å². The first-order valence-electron chi connectivity index (χ1n) is 9.93. The molecule has 1 fully saturated rings. The Bertz CT molecular complexity index is 1110. The molecule has 1 aliphatic carbocycles. The second-order valence-electron chi connectivity index (χ2n) is 7.86. The summed E-state index contributed by atoms with van der Waals surface area (Å²) in [5.41, 5.74) is 1.93. The molecule has 1 aromatic carbocycles. The first kappa shape index (κ1) is 18.4. The number of benzene rings is 1. The maximum Gasteiger partial charge on any atom is 0.264 e. The summed E-state index contributed by atoms with van der Waals surface area (Å²) in [6.07, 6.45) is 2.13. The van der Waals surface area contributed by atoms with Crippen LogP contribution in [0.15, 0.2) is 24.3 Å². The van der Waals surface area contributed by atoms with E-state index in [-0.39, 0.29) is 12.0 Å². The summed E-state index contributed by atoms with van der Waals surface area (Å²) in [5, 5.41) is 1.02. The minimum atomic E-state index is -0.198. The Hall–Kier alpha value is -2.67. The number of thiophene rings is 1. The molecule has 1 aliphatic heterocycles. The molecular formula is C22H23N3O3S. The van der Waals surface area contributed by atoms with E-state index in [1.807, 2.05) is 45.2 Å². The number of carbonyl (C=O) groups excluding carboxylic acids is 1. The summed E-state index contributed by atoms with van der Waals surface area (Å²) in [5.74, 6) is 2.88. The van der Waals surface area contributed by atoms with Gasteiger partial charge in [0.05, 0.1) is 17.1 Å². The van der Waals surface area contributed by atoms with E-state index >= 15 is 0 Å². The van der Waals surface area contributed by atoms with Gasteiger partial charge in [0.15, 0.2) is 17.6 Å². The van der Waals surface area contributed by atoms with Crippen LogP contribution in [0.2, 0.25) is 0 Å². The summed E-state index contributed by atoms with van der Waals surface area (Å²) < 4.78 is 11.8. The van der Waals surface area contributed by atoms with E-state index in [0.29, 0.717) is 19.1 Å². The van der Waals surface area contributed by atoms with Gasteiger partial charge in [-0.2, -0.15) is 0 Å². The zero-order valence-electron chi connectivity index (χ0n) is 16.8. The molecule has 0 spiro atoms. The van der Waals surface area contributed by atoms with E-state index in [2.05, 4.69) is 0 Å². The predicted octanol–water partition coefficient (Wildman–Crippen LogP) is 4.10. The largest absolute Gasteiger partial charge is 0.486 e. The van der Waals surface area contributed by atoms with E-state index in [0.717, 1.165) is 56.5 Å². The number of carbonyl (C=O) groups is 1. The molecule has 3 heterocycles. The average Bonchev–Trinajstić information content (AvgIpc) is 3.51. The minimum Gasteiger partial charge on any atom is -0.486 e. The third-order valence-corrected chi connectivity index (χ3v) is 6.69. The number of ether oxygens (including phenoxy) is 2. The normalized spacial score (nSPS) is 18.1. The fraction of sp³-hybridized carbons (Fsp3) is 0.409. The van der Waals surface area contributed by atoms with E-state index in [4.69, 9.17) is 19.4 Å². The highest BCUT2D eigenvalue weighted by Crippen LogP contribution is 2.40. The van der Waals surface area contributed by atoms with Gasteiger partial charge in [0, 0.05) is 18.4 Å². The number of nitrogens with zero attached hydrogens (tertiary/aromatic N) is 3. The molecule has 5 rings (SSSR count). The van der Waals surface area contributed by atoms with Crippen molar-refractivity contribution in [3.8, 4) is 11.5 Å². The van der Waals surface area contributed by atoms with Gasteiger partial charge < -0.3 is 14.4 Å². The van der Waals surface area contributed by atoms with Gasteiger partial charge >= 0.3 is 0 Å². The van der Waals surface area contributed by atoms with Crippen LogP contribution in [0.4, 0.5) is 0 Å². The fourth-order valence-electron chi connectivity index (χ4n) is 3.80. The van der Waals surface area contributed by atoms with Crippen LogP contribution < -0.4 is 9.47 Å². The first-order valence-corrected chi connectivity index (χ1v) is 10.7. The van der Waals surface area contributed by atoms with Crippen LogP contribution in [-0.2, 0) is 0 Å². The lowest BCUT2D eigenvalue weighted by Crippen LogP contribution is -2.41. The molecule has 6 nitrogen and oxygen atoms in total. The van der Waals surface area contributed by atoms with Crippen LogP contribution in [0.1, 0.15) is 45.5 Å². The van der Waals surface area contributed by atoms with Gasteiger partial charge in [-0.3, -0.25) is 4.79 Å². The zero-order valence-corrected chi connectivity index (χ0v) is 17.6. The highest BCUT2D eigenvalue weighted by molar-refractivity contribution is 7.20. The summed E-state index contributed by atoms with van der Waals surface area (Å²) in [4.78, 5) is 26.0. The molecule has 1 atom stereocenters. The number of amides is 1. The SMILES string of the molecule is Cc1nc(C2CC2)nc2sc(C(=O)N(C)CC3COc4ccccc4O3)c(C)c12. The molecule has 3 aromatic rings. The summed E-state index contributed by atoms with van der Waals surface area (Å²) in [7, 11) is 1.81. The molecule has 2 aromatic heterocycles. The second-order valence-corrected chi connectivity index (χ2v) is 8.86. The molecule has 29 heavy (non-hydrogen) atoms. The number of aromatic nitrogens is 2. The van der Waals surface area contributed by atoms with Gasteiger partial charge in [0.25, 0.3) is 5.91 Å². The summed E-state index contributed by atoms with van der Waals surface area (Å²) in [6.45, 7) is 4.88. The number of likely N-dealkylation sites (N-methyl/N-ethyl adjacent to an activating group) is 1. The van der Waals surface area contributed by atoms with Crippen molar-refractivity contribution in [3.63, 3.8) is 0 Å². The topological polar surface area (TPSA) is 64.6 Å². The zero-order chi connectivity index (χ0) is 20.1. The van der Waals surface area contributed by atoms with Crippen molar-refractivity contribution in [3.05, 3.63) is 46.2 Å². The van der Waals surface area contributed by atoms with Crippen LogP contribution >= 0.6 is 11.3 Å². The Balaban J connectivity index is 1.36. The predicted molar refractivity (Wildman–Crippen MR) is 112 cm³/mol. The summed E-state index contributed by atoms with van der Waals surface area (Å²) >= 11 is 1.47. The minimum absolute atomic E-state index is 0.0136. The molecule has 150 valence electrons. The number of fused-ring (bicyclic) bond motifs is 2. The Kier molecular flexibility index (Phi) is 4.42. The molecule has 1 unspecified atom stereocenters. The number of para-hydroxylation sites is 2. The van der Waals surface area contributed by atoms with E-state index in [1.54, 1.807) is 4.90 Å². The molecule has 1 amide bonds. The van der Waals surface area contributed by atoms with E-state index in [1.165, 1.54) is 11.3 Å². The Morgan fingerprint density at radius 3 is 2.72 bits per heavy atom. The molecule has 0 N–H and O–H groups in total. The Morgan fingerprint density at radius 1 is 1.21 bits per heavy atom. The van der Waals surface area contributed by atoms with Crippen molar-refractivity contribution in [2.45, 2.75) is 38.7 Å². The van der Waals surface area contributed by atoms with Crippen molar-refractivity contribution in [2.75, 3.05) is 20.2 Å². The first-order chi connectivity index (χ1) is 14.0. The summed E-state index contributed by atoms with van der Waals surface area (Å²) in [6, 6.07) is 7.61. The average molecular weight is 410 g/mol. The Morgan fingerprint density at radius 2 is 1.97 bits per heavy atom. The number of hydrogen-bond acceptors (Lipinski definition) is 6. The third kappa shape index (κ3) is 3.33. The Labute approximate surface area is 173 Å². The maximum atomic E-state index is 13.2. The van der Waals surface area contributed by atoms with Gasteiger partial charge in [0.2, 0.25) is 0 Å². The van der Waals surface area contributed by atoms with E-state index < -0.39 is 0 Å². The molecule has 2 aliphatic rings. The van der Waals surface area contributed by atoms with Crippen LogP contribution in [-0.4, -0.2) is 47.1 Å². The molecule has 1 saturated carbocycles. The van der Waals surface area contributed by atoms with Gasteiger partial charge in [-0.05, 0) is 44.4 Å². The molecule has 0 radical (unpaired) electrons. The van der Waals surface area contributed by atoms with E-state index in [9.17, 15) is 4.79 Å². The quantitative estimate of drug-likeness (QED) is 0.649. The standard InChI is InChI=1S/C22H23N3O3S/c1-12-18-13(2)23-20(14-8-9-14)24-21(18)29-19(12)22(26)25(3)10-15-11-27-16-6-4-5-7-17(16)28-15/h4-7,14-15H,8-11H2,1-3H3. The highest BCUT2D eigenvalue weighted by atomic mass is 32.1.